The number of amides is 2. The Hall–Kier alpha value is -2.27. The molecule has 2 aromatic rings. The first-order chi connectivity index (χ1) is 11.5. The van der Waals surface area contributed by atoms with E-state index in [0.717, 1.165) is 17.6 Å². The second-order valence-electron chi connectivity index (χ2n) is 5.44. The molecule has 2 aromatic carbocycles. The quantitative estimate of drug-likeness (QED) is 0.665. The van der Waals surface area contributed by atoms with Crippen molar-refractivity contribution in [1.29, 1.82) is 0 Å². The summed E-state index contributed by atoms with van der Waals surface area (Å²) in [4.78, 5) is 36.3. The lowest BCUT2D eigenvalue weighted by molar-refractivity contribution is 0.0610. The standard InChI is InChI=1S/C17H16NO5P/c1-23-24(21,22)15(11-12-7-3-2-4-8-12)18-16(19)13-9-5-6-10-14(13)17(18)20/h2-10,15H,11H2,1H3,(H,21,22). The Morgan fingerprint density at radius 3 is 2.00 bits per heavy atom. The van der Waals surface area contributed by atoms with E-state index in [1.54, 1.807) is 36.4 Å². The summed E-state index contributed by atoms with van der Waals surface area (Å²) >= 11 is 0. The van der Waals surface area contributed by atoms with Gasteiger partial charge in [0.05, 0.1) is 11.1 Å². The molecule has 0 saturated heterocycles. The zero-order valence-electron chi connectivity index (χ0n) is 13.0. The first kappa shape index (κ1) is 16.6. The molecule has 6 nitrogen and oxygen atoms in total. The van der Waals surface area contributed by atoms with Gasteiger partial charge in [-0.05, 0) is 17.7 Å². The van der Waals surface area contributed by atoms with Crippen molar-refractivity contribution in [2.24, 2.45) is 0 Å². The average molecular weight is 345 g/mol. The smallest absolute Gasteiger partial charge is 0.323 e. The van der Waals surface area contributed by atoms with Crippen LogP contribution in [0.15, 0.2) is 54.6 Å². The molecule has 3 rings (SSSR count). The maximum atomic E-state index is 12.6. The Balaban J connectivity index is 2.03. The lowest BCUT2D eigenvalue weighted by atomic mass is 10.1. The SMILES string of the molecule is COP(=O)(O)C(Cc1ccccc1)N1C(=O)c2ccccc2C1=O. The lowest BCUT2D eigenvalue weighted by Gasteiger charge is -2.28. The Bertz CT molecular complexity index is 801. The van der Waals surface area contributed by atoms with E-state index >= 15 is 0 Å². The molecule has 1 aliphatic heterocycles. The highest BCUT2D eigenvalue weighted by molar-refractivity contribution is 7.53. The normalized spacial score (nSPS) is 17.5. The van der Waals surface area contributed by atoms with E-state index in [4.69, 9.17) is 4.52 Å². The van der Waals surface area contributed by atoms with Crippen LogP contribution in [-0.2, 0) is 15.5 Å². The molecule has 1 aliphatic rings. The Morgan fingerprint density at radius 2 is 1.50 bits per heavy atom. The highest BCUT2D eigenvalue weighted by Gasteiger charge is 2.47. The molecule has 0 fully saturated rings. The van der Waals surface area contributed by atoms with E-state index in [2.05, 4.69) is 0 Å². The van der Waals surface area contributed by atoms with Crippen molar-refractivity contribution in [2.45, 2.75) is 12.2 Å². The molecular formula is C17H16NO5P. The molecule has 2 unspecified atom stereocenters. The Labute approximate surface area is 139 Å². The van der Waals surface area contributed by atoms with Gasteiger partial charge in [0.15, 0.2) is 0 Å². The molecule has 1 N–H and O–H groups in total. The van der Waals surface area contributed by atoms with Crippen molar-refractivity contribution >= 4 is 19.4 Å². The first-order valence-electron chi connectivity index (χ1n) is 7.35. The molecular weight excluding hydrogens is 329 g/mol. The monoisotopic (exact) mass is 345 g/mol. The predicted molar refractivity (Wildman–Crippen MR) is 87.7 cm³/mol. The molecule has 0 radical (unpaired) electrons. The third-order valence-electron chi connectivity index (χ3n) is 4.02. The van der Waals surface area contributed by atoms with E-state index in [1.165, 1.54) is 12.1 Å². The second kappa shape index (κ2) is 6.32. The summed E-state index contributed by atoms with van der Waals surface area (Å²) in [7, 11) is -3.12. The van der Waals surface area contributed by atoms with Gasteiger partial charge >= 0.3 is 7.60 Å². The molecule has 2 atom stereocenters. The molecule has 24 heavy (non-hydrogen) atoms. The number of hydrogen-bond acceptors (Lipinski definition) is 4. The zero-order valence-corrected chi connectivity index (χ0v) is 13.8. The number of carbonyl (C=O) groups is 2. The van der Waals surface area contributed by atoms with Crippen molar-refractivity contribution < 1.29 is 23.6 Å². The van der Waals surface area contributed by atoms with Crippen LogP contribution in [0.5, 0.6) is 0 Å². The van der Waals surface area contributed by atoms with Crippen molar-refractivity contribution in [3.05, 3.63) is 71.3 Å². The second-order valence-corrected chi connectivity index (χ2v) is 7.53. The van der Waals surface area contributed by atoms with Crippen LogP contribution in [0.3, 0.4) is 0 Å². The van der Waals surface area contributed by atoms with Crippen molar-refractivity contribution in [3.63, 3.8) is 0 Å². The number of hydrogen-bond donors (Lipinski definition) is 1. The van der Waals surface area contributed by atoms with E-state index < -0.39 is 25.2 Å². The summed E-state index contributed by atoms with van der Waals surface area (Å²) < 4.78 is 17.2. The molecule has 0 aromatic heterocycles. The molecule has 0 spiro atoms. The summed E-state index contributed by atoms with van der Waals surface area (Å²) in [5.74, 6) is -2.44. The van der Waals surface area contributed by atoms with Gasteiger partial charge in [0.2, 0.25) is 0 Å². The molecule has 7 heteroatoms. The van der Waals surface area contributed by atoms with Crippen LogP contribution < -0.4 is 0 Å². The average Bonchev–Trinajstić information content (AvgIpc) is 2.85. The van der Waals surface area contributed by atoms with Crippen LogP contribution >= 0.6 is 7.60 Å². The van der Waals surface area contributed by atoms with Gasteiger partial charge in [-0.2, -0.15) is 0 Å². The van der Waals surface area contributed by atoms with Gasteiger partial charge in [0, 0.05) is 13.5 Å². The molecule has 2 amide bonds. The summed E-state index contributed by atoms with van der Waals surface area (Å²) in [5.41, 5.74) is 1.19. The van der Waals surface area contributed by atoms with Gasteiger partial charge in [0.1, 0.15) is 5.78 Å². The fourth-order valence-corrected chi connectivity index (χ4v) is 3.96. The summed E-state index contributed by atoms with van der Waals surface area (Å²) in [6.45, 7) is 0. The van der Waals surface area contributed by atoms with Crippen LogP contribution in [0.25, 0.3) is 0 Å². The fourth-order valence-electron chi connectivity index (χ4n) is 2.78. The van der Waals surface area contributed by atoms with Crippen LogP contribution in [0.2, 0.25) is 0 Å². The van der Waals surface area contributed by atoms with Gasteiger partial charge < -0.3 is 9.42 Å². The third kappa shape index (κ3) is 2.80. The van der Waals surface area contributed by atoms with Gasteiger partial charge in [-0.25, -0.2) is 0 Å². The van der Waals surface area contributed by atoms with Gasteiger partial charge in [-0.3, -0.25) is 19.1 Å². The van der Waals surface area contributed by atoms with E-state index in [0.29, 0.717) is 0 Å². The van der Waals surface area contributed by atoms with Crippen LogP contribution in [0.4, 0.5) is 0 Å². The minimum atomic E-state index is -4.22. The topological polar surface area (TPSA) is 83.9 Å². The maximum Gasteiger partial charge on any atom is 0.350 e. The van der Waals surface area contributed by atoms with Crippen LogP contribution in [-0.4, -0.2) is 34.5 Å². The number of fused-ring (bicyclic) bond motifs is 1. The van der Waals surface area contributed by atoms with Gasteiger partial charge in [-0.1, -0.05) is 42.5 Å². The highest BCUT2D eigenvalue weighted by Crippen LogP contribution is 2.51. The number of benzene rings is 2. The van der Waals surface area contributed by atoms with Crippen LogP contribution in [0, 0.1) is 0 Å². The van der Waals surface area contributed by atoms with E-state index in [9.17, 15) is 19.0 Å². The first-order valence-corrected chi connectivity index (χ1v) is 8.99. The van der Waals surface area contributed by atoms with E-state index in [-0.39, 0.29) is 17.5 Å². The third-order valence-corrected chi connectivity index (χ3v) is 5.71. The lowest BCUT2D eigenvalue weighted by Crippen LogP contribution is -2.41. The van der Waals surface area contributed by atoms with Crippen LogP contribution in [0.1, 0.15) is 26.3 Å². The Morgan fingerprint density at radius 1 is 1.00 bits per heavy atom. The summed E-state index contributed by atoms with van der Waals surface area (Å²) in [6.07, 6.45) is 0.0356. The number of rotatable bonds is 5. The molecule has 0 saturated carbocycles. The number of imide groups is 1. The van der Waals surface area contributed by atoms with Crippen molar-refractivity contribution in [1.82, 2.24) is 4.90 Å². The summed E-state index contributed by atoms with van der Waals surface area (Å²) in [6, 6.07) is 15.3. The maximum absolute atomic E-state index is 12.6. The minimum Gasteiger partial charge on any atom is -0.323 e. The molecule has 124 valence electrons. The largest absolute Gasteiger partial charge is 0.350 e. The minimum absolute atomic E-state index is 0.0356. The highest BCUT2D eigenvalue weighted by atomic mass is 31.2. The fraction of sp³-hybridized carbons (Fsp3) is 0.176. The predicted octanol–water partition coefficient (Wildman–Crippen LogP) is 2.68. The Kier molecular flexibility index (Phi) is 4.37. The molecule has 0 aliphatic carbocycles. The van der Waals surface area contributed by atoms with Crippen molar-refractivity contribution in [2.75, 3.05) is 7.11 Å². The van der Waals surface area contributed by atoms with E-state index in [1.807, 2.05) is 6.07 Å². The number of carbonyl (C=O) groups excluding carboxylic acids is 2. The van der Waals surface area contributed by atoms with Gasteiger partial charge in [-0.15, -0.1) is 0 Å². The number of nitrogens with zero attached hydrogens (tertiary/aromatic N) is 1. The summed E-state index contributed by atoms with van der Waals surface area (Å²) in [5, 5.41) is 0. The molecule has 1 heterocycles. The van der Waals surface area contributed by atoms with Crippen molar-refractivity contribution in [3.8, 4) is 0 Å². The van der Waals surface area contributed by atoms with Gasteiger partial charge in [0.25, 0.3) is 11.8 Å². The molecule has 0 bridgehead atoms. The zero-order chi connectivity index (χ0) is 17.3.